The summed E-state index contributed by atoms with van der Waals surface area (Å²) in [4.78, 5) is 30.6. The standard InChI is InChI=1S/C19H21N3O5S2/c1-2-9-20-19-21-16(12-28-19)18(24)27-11-17(23)22(14-6-4-3-5-7-14)15-8-10-29(25,26)13-15/h2-7,12,15H,1,8-11,13H2,(H,20,21). The van der Waals surface area contributed by atoms with Gasteiger partial charge < -0.3 is 15.0 Å². The Balaban J connectivity index is 1.68. The Morgan fingerprint density at radius 2 is 2.10 bits per heavy atom. The average Bonchev–Trinajstić information content (AvgIpc) is 3.32. The lowest BCUT2D eigenvalue weighted by molar-refractivity contribution is -0.122. The van der Waals surface area contributed by atoms with Crippen LogP contribution in [0.2, 0.25) is 0 Å². The number of para-hydroxylation sites is 1. The van der Waals surface area contributed by atoms with Gasteiger partial charge in [0.1, 0.15) is 0 Å². The van der Waals surface area contributed by atoms with E-state index in [4.69, 9.17) is 4.74 Å². The van der Waals surface area contributed by atoms with Crippen LogP contribution in [0.5, 0.6) is 0 Å². The van der Waals surface area contributed by atoms with E-state index in [1.165, 1.54) is 21.6 Å². The number of anilines is 2. The molecule has 29 heavy (non-hydrogen) atoms. The summed E-state index contributed by atoms with van der Waals surface area (Å²) in [5, 5.41) is 5.05. The van der Waals surface area contributed by atoms with Crippen LogP contribution in [0.25, 0.3) is 0 Å². The maximum atomic E-state index is 12.8. The van der Waals surface area contributed by atoms with Gasteiger partial charge in [0.05, 0.1) is 17.5 Å². The molecule has 0 saturated carbocycles. The van der Waals surface area contributed by atoms with Crippen molar-refractivity contribution in [1.82, 2.24) is 4.98 Å². The minimum Gasteiger partial charge on any atom is -0.451 e. The zero-order valence-electron chi connectivity index (χ0n) is 15.6. The first kappa shape index (κ1) is 21.0. The van der Waals surface area contributed by atoms with Crippen LogP contribution in [-0.2, 0) is 19.4 Å². The van der Waals surface area contributed by atoms with E-state index in [2.05, 4.69) is 16.9 Å². The molecule has 1 unspecified atom stereocenters. The maximum Gasteiger partial charge on any atom is 0.358 e. The third kappa shape index (κ3) is 5.42. The Hall–Kier alpha value is -2.72. The predicted octanol–water partition coefficient (Wildman–Crippen LogP) is 2.12. The molecule has 1 aliphatic heterocycles. The highest BCUT2D eigenvalue weighted by Gasteiger charge is 2.35. The highest BCUT2D eigenvalue weighted by molar-refractivity contribution is 7.91. The Morgan fingerprint density at radius 1 is 1.34 bits per heavy atom. The molecule has 2 aromatic rings. The zero-order valence-corrected chi connectivity index (χ0v) is 17.2. The normalized spacial score (nSPS) is 17.4. The second-order valence-corrected chi connectivity index (χ2v) is 9.53. The summed E-state index contributed by atoms with van der Waals surface area (Å²) in [5.41, 5.74) is 0.671. The van der Waals surface area contributed by atoms with Crippen molar-refractivity contribution < 1.29 is 22.7 Å². The predicted molar refractivity (Wildman–Crippen MR) is 112 cm³/mol. The van der Waals surface area contributed by atoms with Gasteiger partial charge in [-0.05, 0) is 18.6 Å². The van der Waals surface area contributed by atoms with Crippen molar-refractivity contribution in [2.75, 3.05) is 34.9 Å². The van der Waals surface area contributed by atoms with Crippen molar-refractivity contribution in [3.8, 4) is 0 Å². The molecule has 1 aliphatic rings. The van der Waals surface area contributed by atoms with E-state index in [1.54, 1.807) is 36.4 Å². The lowest BCUT2D eigenvalue weighted by atomic mass is 10.2. The number of thiazole rings is 1. The molecular weight excluding hydrogens is 414 g/mol. The first-order chi connectivity index (χ1) is 13.9. The van der Waals surface area contributed by atoms with Gasteiger partial charge in [-0.1, -0.05) is 24.3 Å². The van der Waals surface area contributed by atoms with Gasteiger partial charge in [-0.25, -0.2) is 18.2 Å². The maximum absolute atomic E-state index is 12.8. The van der Waals surface area contributed by atoms with E-state index in [0.717, 1.165) is 0 Å². The number of rotatable bonds is 8. The van der Waals surface area contributed by atoms with Gasteiger partial charge in [-0.15, -0.1) is 17.9 Å². The van der Waals surface area contributed by atoms with Crippen LogP contribution in [0.4, 0.5) is 10.8 Å². The molecule has 3 rings (SSSR count). The number of hydrogen-bond acceptors (Lipinski definition) is 8. The lowest BCUT2D eigenvalue weighted by Gasteiger charge is -2.28. The SMILES string of the molecule is C=CCNc1nc(C(=O)OCC(=O)N(c2ccccc2)C2CCS(=O)(=O)C2)cs1. The molecule has 1 fully saturated rings. The number of nitrogens with one attached hydrogen (secondary N) is 1. The fourth-order valence-electron chi connectivity index (χ4n) is 3.00. The minimum atomic E-state index is -3.19. The molecule has 1 amide bonds. The summed E-state index contributed by atoms with van der Waals surface area (Å²) >= 11 is 1.24. The van der Waals surface area contributed by atoms with E-state index >= 15 is 0 Å². The second-order valence-electron chi connectivity index (χ2n) is 6.44. The summed E-state index contributed by atoms with van der Waals surface area (Å²) in [6, 6.07) is 8.29. The Morgan fingerprint density at radius 3 is 2.76 bits per heavy atom. The van der Waals surface area contributed by atoms with Crippen LogP contribution < -0.4 is 10.2 Å². The second kappa shape index (κ2) is 9.19. The van der Waals surface area contributed by atoms with E-state index in [1.807, 2.05) is 0 Å². The van der Waals surface area contributed by atoms with Gasteiger partial charge >= 0.3 is 5.97 Å². The highest BCUT2D eigenvalue weighted by atomic mass is 32.2. The van der Waals surface area contributed by atoms with Gasteiger partial charge in [0, 0.05) is 17.6 Å². The number of hydrogen-bond donors (Lipinski definition) is 1. The molecule has 0 spiro atoms. The number of amides is 1. The molecule has 2 heterocycles. The van der Waals surface area contributed by atoms with Crippen LogP contribution in [-0.4, -0.2) is 56.0 Å². The van der Waals surface area contributed by atoms with Gasteiger partial charge in [0.2, 0.25) is 0 Å². The van der Waals surface area contributed by atoms with Crippen LogP contribution in [0.15, 0.2) is 48.4 Å². The molecule has 1 aromatic heterocycles. The van der Waals surface area contributed by atoms with Crippen molar-refractivity contribution >= 4 is 43.9 Å². The monoisotopic (exact) mass is 435 g/mol. The average molecular weight is 436 g/mol. The number of nitrogens with zero attached hydrogens (tertiary/aromatic N) is 2. The van der Waals surface area contributed by atoms with Gasteiger partial charge in [-0.2, -0.15) is 0 Å². The molecule has 154 valence electrons. The molecule has 8 nitrogen and oxygen atoms in total. The fraction of sp³-hybridized carbons (Fsp3) is 0.316. The van der Waals surface area contributed by atoms with Gasteiger partial charge in [-0.3, -0.25) is 4.79 Å². The fourth-order valence-corrected chi connectivity index (χ4v) is 5.39. The number of esters is 1. The molecule has 0 radical (unpaired) electrons. The molecule has 1 saturated heterocycles. The number of carbonyl (C=O) groups excluding carboxylic acids is 2. The minimum absolute atomic E-state index is 0.0351. The van der Waals surface area contributed by atoms with Crippen molar-refractivity contribution in [3.05, 3.63) is 54.1 Å². The van der Waals surface area contributed by atoms with Crippen LogP contribution in [0.3, 0.4) is 0 Å². The topological polar surface area (TPSA) is 106 Å². The quantitative estimate of drug-likeness (QED) is 0.500. The number of sulfone groups is 1. The molecule has 0 bridgehead atoms. The van der Waals surface area contributed by atoms with Crippen molar-refractivity contribution in [3.63, 3.8) is 0 Å². The largest absolute Gasteiger partial charge is 0.451 e. The molecule has 1 aromatic carbocycles. The van der Waals surface area contributed by atoms with E-state index < -0.39 is 34.4 Å². The van der Waals surface area contributed by atoms with Gasteiger partial charge in [0.15, 0.2) is 27.3 Å². The summed E-state index contributed by atoms with van der Waals surface area (Å²) in [6.45, 7) is 3.60. The molecular formula is C19H21N3O5S2. The summed E-state index contributed by atoms with van der Waals surface area (Å²) in [6.07, 6.45) is 2.01. The van der Waals surface area contributed by atoms with E-state index in [0.29, 0.717) is 23.8 Å². The van der Waals surface area contributed by atoms with Crippen molar-refractivity contribution in [2.45, 2.75) is 12.5 Å². The first-order valence-electron chi connectivity index (χ1n) is 8.94. The van der Waals surface area contributed by atoms with Crippen molar-refractivity contribution in [1.29, 1.82) is 0 Å². The molecule has 1 atom stereocenters. The zero-order chi connectivity index (χ0) is 20.9. The summed E-state index contributed by atoms with van der Waals surface area (Å²) in [5.74, 6) is -1.26. The number of ether oxygens (including phenoxy) is 1. The van der Waals surface area contributed by atoms with Crippen LogP contribution in [0, 0.1) is 0 Å². The Kier molecular flexibility index (Phi) is 6.65. The molecule has 1 N–H and O–H groups in total. The smallest absolute Gasteiger partial charge is 0.358 e. The van der Waals surface area contributed by atoms with Crippen LogP contribution >= 0.6 is 11.3 Å². The number of aromatic nitrogens is 1. The van der Waals surface area contributed by atoms with Gasteiger partial charge in [0.25, 0.3) is 5.91 Å². The Bertz CT molecular complexity index is 988. The third-order valence-corrected chi connectivity index (χ3v) is 6.86. The molecule has 0 aliphatic carbocycles. The van der Waals surface area contributed by atoms with Crippen molar-refractivity contribution in [2.24, 2.45) is 0 Å². The van der Waals surface area contributed by atoms with Crippen LogP contribution in [0.1, 0.15) is 16.9 Å². The summed E-state index contributed by atoms with van der Waals surface area (Å²) < 4.78 is 28.9. The van der Waals surface area contributed by atoms with E-state index in [9.17, 15) is 18.0 Å². The lowest BCUT2D eigenvalue weighted by Crippen LogP contribution is -2.43. The molecule has 10 heteroatoms. The highest BCUT2D eigenvalue weighted by Crippen LogP contribution is 2.25. The van der Waals surface area contributed by atoms with E-state index in [-0.39, 0.29) is 17.2 Å². The summed E-state index contributed by atoms with van der Waals surface area (Å²) in [7, 11) is -3.19. The third-order valence-electron chi connectivity index (χ3n) is 4.31. The Labute approximate surface area is 173 Å². The number of carbonyl (C=O) groups is 2. The first-order valence-corrected chi connectivity index (χ1v) is 11.6. The number of benzene rings is 1.